The van der Waals surface area contributed by atoms with Gasteiger partial charge in [0.05, 0.1) is 34.6 Å². The summed E-state index contributed by atoms with van der Waals surface area (Å²) in [6.07, 6.45) is 0.152. The summed E-state index contributed by atoms with van der Waals surface area (Å²) < 4.78 is 6.65. The number of carbonyl (C=O) groups is 2. The van der Waals surface area contributed by atoms with E-state index in [0.29, 0.717) is 11.4 Å². The molecule has 5 rings (SSSR count). The third-order valence-corrected chi connectivity index (χ3v) is 6.13. The average molecular weight is 404 g/mol. The first-order valence-electron chi connectivity index (χ1n) is 10.0. The van der Waals surface area contributed by atoms with Crippen molar-refractivity contribution < 1.29 is 19.4 Å². The number of esters is 1. The lowest BCUT2D eigenvalue weighted by molar-refractivity contribution is -0.172. The van der Waals surface area contributed by atoms with E-state index in [9.17, 15) is 19.5 Å². The molecule has 4 heterocycles. The highest BCUT2D eigenvalue weighted by molar-refractivity contribution is 6.06. The minimum absolute atomic E-state index is 0.0102. The zero-order valence-electron chi connectivity index (χ0n) is 16.7. The minimum atomic E-state index is -2.04. The van der Waals surface area contributed by atoms with Gasteiger partial charge < -0.3 is 14.4 Å². The van der Waals surface area contributed by atoms with Crippen molar-refractivity contribution in [2.24, 2.45) is 0 Å². The second-order valence-electron chi connectivity index (χ2n) is 7.72. The van der Waals surface area contributed by atoms with Crippen LogP contribution in [0, 0.1) is 0 Å². The first-order chi connectivity index (χ1) is 14.4. The Kier molecular flexibility index (Phi) is 3.95. The molecule has 0 saturated heterocycles. The van der Waals surface area contributed by atoms with Crippen molar-refractivity contribution in [2.45, 2.75) is 45.4 Å². The van der Waals surface area contributed by atoms with E-state index in [1.54, 1.807) is 13.8 Å². The van der Waals surface area contributed by atoms with Crippen LogP contribution in [0.2, 0.25) is 0 Å². The average Bonchev–Trinajstić information content (AvgIpc) is 3.13. The van der Waals surface area contributed by atoms with Crippen molar-refractivity contribution in [3.63, 3.8) is 0 Å². The van der Waals surface area contributed by atoms with Gasteiger partial charge in [0.1, 0.15) is 6.61 Å². The second-order valence-corrected chi connectivity index (χ2v) is 7.72. The van der Waals surface area contributed by atoms with Gasteiger partial charge in [0.25, 0.3) is 5.56 Å². The lowest BCUT2D eigenvalue weighted by atomic mass is 9.80. The van der Waals surface area contributed by atoms with E-state index in [1.807, 2.05) is 30.3 Å². The lowest BCUT2D eigenvalue weighted by Gasteiger charge is -2.33. The number of nitrogens with zero attached hydrogens (tertiary/aromatic N) is 2. The van der Waals surface area contributed by atoms with Crippen LogP contribution < -0.4 is 5.56 Å². The highest BCUT2D eigenvalue weighted by Crippen LogP contribution is 2.42. The maximum atomic E-state index is 13.4. The van der Waals surface area contributed by atoms with Crippen LogP contribution in [-0.4, -0.2) is 26.4 Å². The van der Waals surface area contributed by atoms with E-state index in [4.69, 9.17) is 9.72 Å². The number of hydrogen-bond acceptors (Lipinski definition) is 6. The van der Waals surface area contributed by atoms with Gasteiger partial charge in [-0.15, -0.1) is 0 Å². The molecular formula is C23H20N2O5. The molecular weight excluding hydrogens is 384 g/mol. The first-order valence-corrected chi connectivity index (χ1v) is 10.0. The molecule has 7 nitrogen and oxygen atoms in total. The Labute approximate surface area is 171 Å². The number of pyridine rings is 2. The van der Waals surface area contributed by atoms with Crippen LogP contribution in [0.15, 0.2) is 35.1 Å². The Morgan fingerprint density at radius 3 is 2.77 bits per heavy atom. The molecule has 30 heavy (non-hydrogen) atoms. The highest BCUT2D eigenvalue weighted by atomic mass is 16.6. The van der Waals surface area contributed by atoms with Crippen LogP contribution in [0.25, 0.3) is 22.3 Å². The Balaban J connectivity index is 1.94. The Morgan fingerprint density at radius 1 is 1.27 bits per heavy atom. The number of ether oxygens (including phenoxy) is 1. The molecule has 0 aliphatic carbocycles. The Morgan fingerprint density at radius 2 is 2.03 bits per heavy atom. The normalized spacial score (nSPS) is 19.2. The number of ketones is 1. The second kappa shape index (κ2) is 6.34. The number of aliphatic hydroxyl groups is 1. The fourth-order valence-electron chi connectivity index (χ4n) is 4.55. The number of aromatic nitrogens is 2. The Hall–Kier alpha value is -3.32. The summed E-state index contributed by atoms with van der Waals surface area (Å²) in [5.74, 6) is -1.09. The molecule has 1 aromatic carbocycles. The first kappa shape index (κ1) is 18.7. The third kappa shape index (κ3) is 2.29. The van der Waals surface area contributed by atoms with Gasteiger partial charge >= 0.3 is 5.97 Å². The number of benzene rings is 1. The summed E-state index contributed by atoms with van der Waals surface area (Å²) in [5.41, 5.74) is 0.547. The molecule has 7 heteroatoms. The molecule has 1 N–H and O–H groups in total. The van der Waals surface area contributed by atoms with Gasteiger partial charge in [-0.3, -0.25) is 9.59 Å². The number of fused-ring (bicyclic) bond motifs is 5. The van der Waals surface area contributed by atoms with E-state index in [2.05, 4.69) is 0 Å². The quantitative estimate of drug-likeness (QED) is 0.416. The summed E-state index contributed by atoms with van der Waals surface area (Å²) in [4.78, 5) is 43.7. The largest absolute Gasteiger partial charge is 0.458 e. The summed E-state index contributed by atoms with van der Waals surface area (Å²) >= 11 is 0. The molecule has 0 spiro atoms. The van der Waals surface area contributed by atoms with Gasteiger partial charge in [-0.25, -0.2) is 9.78 Å². The van der Waals surface area contributed by atoms with Crippen molar-refractivity contribution in [3.05, 3.63) is 62.9 Å². The molecule has 0 fully saturated rings. The fourth-order valence-corrected chi connectivity index (χ4v) is 4.55. The maximum absolute atomic E-state index is 13.4. The molecule has 3 aromatic rings. The van der Waals surface area contributed by atoms with E-state index >= 15 is 0 Å². The summed E-state index contributed by atoms with van der Waals surface area (Å²) in [5, 5.41) is 12.1. The van der Waals surface area contributed by atoms with Crippen LogP contribution in [-0.2, 0) is 28.3 Å². The number of hydrogen-bond donors (Lipinski definition) is 1. The van der Waals surface area contributed by atoms with E-state index < -0.39 is 11.6 Å². The molecule has 1 atom stereocenters. The molecule has 2 aliphatic rings. The van der Waals surface area contributed by atoms with Crippen LogP contribution >= 0.6 is 0 Å². The van der Waals surface area contributed by atoms with Gasteiger partial charge in [-0.2, -0.15) is 0 Å². The van der Waals surface area contributed by atoms with Crippen molar-refractivity contribution in [3.8, 4) is 11.4 Å². The fraction of sp³-hybridized carbons (Fsp3) is 0.304. The van der Waals surface area contributed by atoms with Crippen molar-refractivity contribution in [1.82, 2.24) is 9.55 Å². The molecule has 0 unspecified atom stereocenters. The topological polar surface area (TPSA) is 98.5 Å². The van der Waals surface area contributed by atoms with Crippen LogP contribution in [0.3, 0.4) is 0 Å². The van der Waals surface area contributed by atoms with Gasteiger partial charge in [-0.1, -0.05) is 32.0 Å². The van der Waals surface area contributed by atoms with Crippen LogP contribution in [0.5, 0.6) is 0 Å². The summed E-state index contributed by atoms with van der Waals surface area (Å²) in [6, 6.07) is 9.58. The molecule has 2 aromatic heterocycles. The van der Waals surface area contributed by atoms with Crippen molar-refractivity contribution in [1.29, 1.82) is 0 Å². The van der Waals surface area contributed by atoms with Crippen molar-refractivity contribution in [2.75, 3.05) is 0 Å². The molecule has 0 bridgehead atoms. The van der Waals surface area contributed by atoms with Gasteiger partial charge in [-0.05, 0) is 18.6 Å². The summed E-state index contributed by atoms with van der Waals surface area (Å²) in [7, 11) is 0. The number of Topliss-reactive ketones (excluding diaryl/α,β-unsaturated/α-hetero) is 1. The predicted octanol–water partition coefficient (Wildman–Crippen LogP) is 2.67. The highest BCUT2D eigenvalue weighted by Gasteiger charge is 2.48. The monoisotopic (exact) mass is 404 g/mol. The smallest absolute Gasteiger partial charge is 0.343 e. The SMILES string of the molecule is CCC(=O)c1c2c(c(=O)n3c1-c1nc4ccccc4cc1C3)COC(=O)[C@]2(O)CC. The van der Waals surface area contributed by atoms with Gasteiger partial charge in [0, 0.05) is 22.9 Å². The number of carbonyl (C=O) groups excluding carboxylic acids is 2. The molecule has 2 aliphatic heterocycles. The molecule has 0 amide bonds. The minimum Gasteiger partial charge on any atom is -0.458 e. The number of rotatable bonds is 3. The zero-order chi connectivity index (χ0) is 21.2. The molecule has 152 valence electrons. The third-order valence-electron chi connectivity index (χ3n) is 6.13. The van der Waals surface area contributed by atoms with Gasteiger partial charge in [0.15, 0.2) is 11.4 Å². The molecule has 0 saturated carbocycles. The molecule has 0 radical (unpaired) electrons. The van der Waals surface area contributed by atoms with E-state index in [1.165, 1.54) is 4.57 Å². The number of cyclic esters (lactones) is 1. The predicted molar refractivity (Wildman–Crippen MR) is 109 cm³/mol. The van der Waals surface area contributed by atoms with Gasteiger partial charge in [0.2, 0.25) is 0 Å². The Bertz CT molecular complexity index is 1320. The lowest BCUT2D eigenvalue weighted by Crippen LogP contribution is -2.46. The summed E-state index contributed by atoms with van der Waals surface area (Å²) in [6.45, 7) is 3.36. The van der Waals surface area contributed by atoms with Crippen LogP contribution in [0.4, 0.5) is 0 Å². The standard InChI is InChI=1S/C23H20N2O5/c1-3-16(26)17-18-14(11-30-22(28)23(18,29)4-2)21(27)25-10-13-9-12-7-5-6-8-15(12)24-19(13)20(17)25/h5-9,29H,3-4,10-11H2,1-2H3/t23-/m0/s1. The zero-order valence-corrected chi connectivity index (χ0v) is 16.7. The number of para-hydroxylation sites is 1. The van der Waals surface area contributed by atoms with Crippen LogP contribution in [0.1, 0.15) is 53.7 Å². The maximum Gasteiger partial charge on any atom is 0.343 e. The van der Waals surface area contributed by atoms with Crippen molar-refractivity contribution >= 4 is 22.7 Å². The van der Waals surface area contributed by atoms with E-state index in [-0.39, 0.29) is 54.0 Å². The van der Waals surface area contributed by atoms with E-state index in [0.717, 1.165) is 16.5 Å².